The van der Waals surface area contributed by atoms with E-state index in [1.165, 1.54) is 19.3 Å². The highest BCUT2D eigenvalue weighted by molar-refractivity contribution is 6.31. The van der Waals surface area contributed by atoms with Gasteiger partial charge in [-0.15, -0.1) is 0 Å². The smallest absolute Gasteiger partial charge is 0.408 e. The summed E-state index contributed by atoms with van der Waals surface area (Å²) in [6.45, 7) is 16.3. The Kier molecular flexibility index (Phi) is 21.9. The molecular weight excluding hydrogens is 490 g/mol. The van der Waals surface area contributed by atoms with Crippen LogP contribution in [-0.4, -0.2) is 44.0 Å². The number of benzene rings is 1. The molecule has 1 aliphatic rings. The first kappa shape index (κ1) is 37.0. The molecule has 8 heteroatoms. The van der Waals surface area contributed by atoms with Gasteiger partial charge >= 0.3 is 6.09 Å². The molecule has 1 aromatic carbocycles. The quantitative estimate of drug-likeness (QED) is 0.334. The van der Waals surface area contributed by atoms with E-state index in [0.717, 1.165) is 23.4 Å². The van der Waals surface area contributed by atoms with E-state index >= 15 is 0 Å². The van der Waals surface area contributed by atoms with Gasteiger partial charge in [-0.25, -0.2) is 4.79 Å². The summed E-state index contributed by atoms with van der Waals surface area (Å²) >= 11 is 6.23. The van der Waals surface area contributed by atoms with Gasteiger partial charge in [-0.05, 0) is 58.2 Å². The van der Waals surface area contributed by atoms with Crippen molar-refractivity contribution in [3.05, 3.63) is 34.9 Å². The van der Waals surface area contributed by atoms with E-state index in [1.54, 1.807) is 20.8 Å². The van der Waals surface area contributed by atoms with Crippen molar-refractivity contribution in [1.29, 1.82) is 0 Å². The third-order valence-electron chi connectivity index (χ3n) is 5.15. The number of carbonyl (C=O) groups excluding carboxylic acids is 3. The van der Waals surface area contributed by atoms with Crippen molar-refractivity contribution in [1.82, 2.24) is 16.0 Å². The third kappa shape index (κ3) is 18.7. The Hall–Kier alpha value is -2.12. The van der Waals surface area contributed by atoms with E-state index in [0.29, 0.717) is 18.7 Å². The molecule has 0 heterocycles. The molecule has 2 amide bonds. The Bertz CT molecular complexity index is 753. The molecule has 2 rings (SSSR count). The summed E-state index contributed by atoms with van der Waals surface area (Å²) in [5.74, 6) is 1.03. The number of halogens is 1. The molecule has 0 spiro atoms. The van der Waals surface area contributed by atoms with Crippen LogP contribution in [0.15, 0.2) is 24.3 Å². The van der Waals surface area contributed by atoms with Gasteiger partial charge in [-0.1, -0.05) is 83.7 Å². The Morgan fingerprint density at radius 3 is 2.22 bits per heavy atom. The highest BCUT2D eigenvalue weighted by atomic mass is 35.5. The number of carbonyl (C=O) groups is 3. The average Bonchev–Trinajstić information content (AvgIpc) is 2.85. The summed E-state index contributed by atoms with van der Waals surface area (Å²) in [5, 5.41) is 9.31. The van der Waals surface area contributed by atoms with Crippen LogP contribution in [0.2, 0.25) is 5.02 Å². The fraction of sp³-hybridized carbons (Fsp3) is 0.690. The number of rotatable bonds is 7. The van der Waals surface area contributed by atoms with Crippen molar-refractivity contribution in [3.63, 3.8) is 0 Å². The van der Waals surface area contributed by atoms with Crippen molar-refractivity contribution < 1.29 is 19.1 Å². The lowest BCUT2D eigenvalue weighted by atomic mass is 9.82. The van der Waals surface area contributed by atoms with E-state index in [9.17, 15) is 14.4 Å². The molecule has 37 heavy (non-hydrogen) atoms. The Morgan fingerprint density at radius 2 is 1.73 bits per heavy atom. The minimum Gasteiger partial charge on any atom is -0.444 e. The predicted octanol–water partition coefficient (Wildman–Crippen LogP) is 6.70. The molecule has 0 aliphatic heterocycles. The first-order valence-electron chi connectivity index (χ1n) is 13.6. The number of nitrogens with one attached hydrogen (secondary N) is 3. The van der Waals surface area contributed by atoms with Gasteiger partial charge < -0.3 is 25.5 Å². The second kappa shape index (κ2) is 21.9. The predicted molar refractivity (Wildman–Crippen MR) is 155 cm³/mol. The Labute approximate surface area is 230 Å². The van der Waals surface area contributed by atoms with Gasteiger partial charge in [0.15, 0.2) is 0 Å². The first-order chi connectivity index (χ1) is 17.5. The summed E-state index contributed by atoms with van der Waals surface area (Å²) < 4.78 is 4.83. The number of ether oxygens (including phenoxy) is 1. The van der Waals surface area contributed by atoms with Crippen LogP contribution in [0.3, 0.4) is 0 Å². The lowest BCUT2D eigenvalue weighted by Gasteiger charge is -2.27. The van der Waals surface area contributed by atoms with Gasteiger partial charge in [0, 0.05) is 17.5 Å². The molecule has 3 unspecified atom stereocenters. The van der Waals surface area contributed by atoms with Gasteiger partial charge in [0.25, 0.3) is 0 Å². The van der Waals surface area contributed by atoms with Crippen molar-refractivity contribution >= 4 is 29.9 Å². The summed E-state index contributed by atoms with van der Waals surface area (Å²) in [6, 6.07) is 7.81. The molecule has 1 saturated carbocycles. The SMILES string of the molecule is CC.CC(C)(C)OC(=O)NCC=O.CCC.CNC(CNC(=O)C1CCCC(C)C1)c1ccccc1Cl. The molecule has 0 radical (unpaired) electrons. The minimum absolute atomic E-state index is 0.00505. The van der Waals surface area contributed by atoms with Crippen LogP contribution >= 0.6 is 11.6 Å². The van der Waals surface area contributed by atoms with Crippen LogP contribution in [0.4, 0.5) is 4.79 Å². The maximum Gasteiger partial charge on any atom is 0.408 e. The molecular formula is C29H52ClN3O4. The van der Waals surface area contributed by atoms with Gasteiger partial charge in [-0.2, -0.15) is 0 Å². The lowest BCUT2D eigenvalue weighted by Crippen LogP contribution is -2.38. The van der Waals surface area contributed by atoms with Crippen LogP contribution in [-0.2, 0) is 14.3 Å². The van der Waals surface area contributed by atoms with Crippen molar-refractivity contribution in [2.75, 3.05) is 20.1 Å². The second-order valence-electron chi connectivity index (χ2n) is 9.83. The number of likely N-dealkylation sites (N-methyl/N-ethyl adjacent to an activating group) is 1. The maximum absolute atomic E-state index is 12.3. The van der Waals surface area contributed by atoms with Gasteiger partial charge in [0.1, 0.15) is 11.9 Å². The van der Waals surface area contributed by atoms with Crippen molar-refractivity contribution in [3.8, 4) is 0 Å². The van der Waals surface area contributed by atoms with Crippen molar-refractivity contribution in [2.45, 2.75) is 99.1 Å². The van der Waals surface area contributed by atoms with Crippen LogP contribution in [0, 0.1) is 11.8 Å². The number of hydrogen-bond acceptors (Lipinski definition) is 5. The zero-order valence-electron chi connectivity index (χ0n) is 24.6. The summed E-state index contributed by atoms with van der Waals surface area (Å²) in [7, 11) is 1.89. The van der Waals surface area contributed by atoms with Gasteiger partial charge in [0.2, 0.25) is 5.91 Å². The number of alkyl carbamates (subject to hydrolysis) is 1. The molecule has 1 fully saturated rings. The van der Waals surface area contributed by atoms with Crippen LogP contribution in [0.1, 0.15) is 99.1 Å². The number of amides is 2. The zero-order valence-corrected chi connectivity index (χ0v) is 25.3. The number of aldehydes is 1. The average molecular weight is 542 g/mol. The number of hydrogen-bond donors (Lipinski definition) is 3. The van der Waals surface area contributed by atoms with Gasteiger partial charge in [-0.3, -0.25) is 4.79 Å². The fourth-order valence-corrected chi connectivity index (χ4v) is 3.85. The Morgan fingerprint density at radius 1 is 1.14 bits per heavy atom. The first-order valence-corrected chi connectivity index (χ1v) is 14.0. The van der Waals surface area contributed by atoms with Crippen LogP contribution in [0.25, 0.3) is 0 Å². The van der Waals surface area contributed by atoms with E-state index in [2.05, 4.69) is 36.7 Å². The molecule has 0 aromatic heterocycles. The van der Waals surface area contributed by atoms with E-state index < -0.39 is 11.7 Å². The molecule has 7 nitrogen and oxygen atoms in total. The van der Waals surface area contributed by atoms with Crippen LogP contribution in [0.5, 0.6) is 0 Å². The molecule has 0 saturated heterocycles. The molecule has 0 bridgehead atoms. The maximum atomic E-state index is 12.3. The largest absolute Gasteiger partial charge is 0.444 e. The summed E-state index contributed by atoms with van der Waals surface area (Å²) in [6.07, 6.45) is 5.74. The zero-order chi connectivity index (χ0) is 28.9. The van der Waals surface area contributed by atoms with E-state index in [1.807, 2.05) is 45.2 Å². The van der Waals surface area contributed by atoms with Gasteiger partial charge in [0.05, 0.1) is 12.6 Å². The molecule has 3 atom stereocenters. The summed E-state index contributed by atoms with van der Waals surface area (Å²) in [4.78, 5) is 32.8. The lowest BCUT2D eigenvalue weighted by molar-refractivity contribution is -0.126. The highest BCUT2D eigenvalue weighted by Crippen LogP contribution is 2.29. The van der Waals surface area contributed by atoms with E-state index in [-0.39, 0.29) is 24.4 Å². The Balaban J connectivity index is 0. The summed E-state index contributed by atoms with van der Waals surface area (Å²) in [5.41, 5.74) is 0.520. The fourth-order valence-electron chi connectivity index (χ4n) is 3.58. The molecule has 3 N–H and O–H groups in total. The van der Waals surface area contributed by atoms with Crippen molar-refractivity contribution in [2.24, 2.45) is 11.8 Å². The minimum atomic E-state index is -0.565. The highest BCUT2D eigenvalue weighted by Gasteiger charge is 2.25. The third-order valence-corrected chi connectivity index (χ3v) is 5.49. The molecule has 1 aliphatic carbocycles. The van der Waals surface area contributed by atoms with Crippen LogP contribution < -0.4 is 16.0 Å². The topological polar surface area (TPSA) is 96.5 Å². The monoisotopic (exact) mass is 541 g/mol. The normalized spacial score (nSPS) is 17.1. The molecule has 1 aromatic rings. The molecule has 214 valence electrons. The van der Waals surface area contributed by atoms with E-state index in [4.69, 9.17) is 16.3 Å². The second-order valence-corrected chi connectivity index (χ2v) is 10.2. The standard InChI is InChI=1S/C17H25ClN2O.C7H13NO3.C3H8.C2H6/c1-12-6-5-7-13(10-12)17(21)20-11-16(19-2)14-8-3-4-9-15(14)18;1-7(2,3)11-6(10)8-4-5-9;1-3-2;1-2/h3-4,8-9,12-13,16,19H,5-7,10-11H2,1-2H3,(H,20,21);5H,4H2,1-3H3,(H,8,10);3H2,1-2H3;1-2H3.